The van der Waals surface area contributed by atoms with Crippen molar-refractivity contribution >= 4 is 50.3 Å². The molecule has 0 saturated heterocycles. The molecule has 2 aromatic heterocycles. The summed E-state index contributed by atoms with van der Waals surface area (Å²) in [5.41, 5.74) is 8.02. The van der Waals surface area contributed by atoms with Crippen molar-refractivity contribution in [1.29, 1.82) is 0 Å². The predicted octanol–water partition coefficient (Wildman–Crippen LogP) is 5.11. The van der Waals surface area contributed by atoms with Gasteiger partial charge in [0.2, 0.25) is 10.3 Å². The largest absolute Gasteiger partial charge is 0.496 e. The molecule has 10 heteroatoms. The van der Waals surface area contributed by atoms with Gasteiger partial charge in [0.05, 0.1) is 12.8 Å². The monoisotopic (exact) mass is 488 g/mol. The van der Waals surface area contributed by atoms with Crippen molar-refractivity contribution in [1.82, 2.24) is 9.97 Å². The lowest BCUT2D eigenvalue weighted by atomic mass is 10.00. The van der Waals surface area contributed by atoms with Crippen LogP contribution in [0.5, 0.6) is 5.75 Å². The van der Waals surface area contributed by atoms with Gasteiger partial charge >= 0.3 is 5.91 Å². The third-order valence-corrected chi connectivity index (χ3v) is 6.86. The van der Waals surface area contributed by atoms with Crippen LogP contribution >= 0.6 is 22.7 Å². The average molecular weight is 489 g/mol. The van der Waals surface area contributed by atoms with Gasteiger partial charge in [0, 0.05) is 28.1 Å². The van der Waals surface area contributed by atoms with Crippen LogP contribution < -0.4 is 15.2 Å². The van der Waals surface area contributed by atoms with Gasteiger partial charge in [-0.25, -0.2) is 9.97 Å². The molecule has 3 heterocycles. The number of methoxy groups -OCH3 is 1. The first kappa shape index (κ1) is 21.9. The lowest BCUT2D eigenvalue weighted by molar-refractivity contribution is -0.112. The van der Waals surface area contributed by atoms with Gasteiger partial charge in [-0.05, 0) is 37.1 Å². The minimum Gasteiger partial charge on any atom is -0.496 e. The Labute approximate surface area is 204 Å². The number of carbonyl (C=O) groups is 1. The number of benzene rings is 2. The molecule has 8 nitrogen and oxygen atoms in total. The summed E-state index contributed by atoms with van der Waals surface area (Å²) in [7, 11) is 1.62. The number of hydrazone groups is 2. The van der Waals surface area contributed by atoms with Crippen LogP contribution in [0, 0.1) is 13.8 Å². The maximum atomic E-state index is 13.5. The van der Waals surface area contributed by atoms with Crippen molar-refractivity contribution in [2.45, 2.75) is 13.8 Å². The molecule has 0 unspecified atom stereocenters. The maximum Gasteiger partial charge on any atom is 0.303 e. The molecule has 0 bridgehead atoms. The fraction of sp³-hybridized carbons (Fsp3) is 0.125. The zero-order valence-electron chi connectivity index (χ0n) is 18.6. The van der Waals surface area contributed by atoms with Gasteiger partial charge in [-0.3, -0.25) is 10.2 Å². The van der Waals surface area contributed by atoms with Crippen LogP contribution in [0.3, 0.4) is 0 Å². The molecule has 1 amide bonds. The maximum absolute atomic E-state index is 13.5. The summed E-state index contributed by atoms with van der Waals surface area (Å²) < 4.78 is 5.54. The molecule has 0 aliphatic carbocycles. The summed E-state index contributed by atoms with van der Waals surface area (Å²) >= 11 is 2.74. The molecule has 4 aromatic rings. The van der Waals surface area contributed by atoms with E-state index in [9.17, 15) is 4.79 Å². The highest BCUT2D eigenvalue weighted by Gasteiger charge is 2.36. The molecule has 1 N–H and O–H groups in total. The molecule has 0 atom stereocenters. The van der Waals surface area contributed by atoms with Gasteiger partial charge in [-0.15, -0.1) is 22.7 Å². The molecule has 2 aromatic carbocycles. The summed E-state index contributed by atoms with van der Waals surface area (Å²) in [6, 6.07) is 13.7. The van der Waals surface area contributed by atoms with Crippen molar-refractivity contribution in [2.75, 3.05) is 17.5 Å². The van der Waals surface area contributed by atoms with Gasteiger partial charge in [0.25, 0.3) is 0 Å². The first-order valence-electron chi connectivity index (χ1n) is 10.4. The predicted molar refractivity (Wildman–Crippen MR) is 137 cm³/mol. The average Bonchev–Trinajstić information content (AvgIpc) is 3.61. The van der Waals surface area contributed by atoms with E-state index in [4.69, 9.17) is 4.74 Å². The van der Waals surface area contributed by atoms with Gasteiger partial charge < -0.3 is 4.74 Å². The van der Waals surface area contributed by atoms with E-state index in [0.29, 0.717) is 16.0 Å². The molecule has 170 valence electrons. The fourth-order valence-electron chi connectivity index (χ4n) is 3.48. The Morgan fingerprint density at radius 1 is 1.09 bits per heavy atom. The zero-order chi connectivity index (χ0) is 23.7. The molecule has 0 fully saturated rings. The summed E-state index contributed by atoms with van der Waals surface area (Å²) in [4.78, 5) is 22.3. The van der Waals surface area contributed by atoms with Gasteiger partial charge in [0.1, 0.15) is 11.5 Å². The third kappa shape index (κ3) is 4.09. The highest BCUT2D eigenvalue weighted by molar-refractivity contribution is 7.14. The number of ether oxygens (including phenoxy) is 1. The number of rotatable bonds is 6. The van der Waals surface area contributed by atoms with Crippen molar-refractivity contribution in [2.24, 2.45) is 10.2 Å². The van der Waals surface area contributed by atoms with Crippen LogP contribution in [-0.2, 0) is 4.79 Å². The number of hydrogen-bond acceptors (Lipinski definition) is 9. The molecule has 34 heavy (non-hydrogen) atoms. The highest BCUT2D eigenvalue weighted by Crippen LogP contribution is 2.31. The number of anilines is 2. The van der Waals surface area contributed by atoms with Crippen LogP contribution in [0.4, 0.5) is 10.3 Å². The second kappa shape index (κ2) is 9.16. The standard InChI is InChI=1S/C24H20N6O2S2/c1-14-11-17(12-19(32-3)15(14)2)20-21(27-28-23-25-9-10-33-23)22(31)30(29-20)24-26-18(13-34-24)16-7-5-4-6-8-16/h4-13H,1-3H3,(H,25,28)/b27-21-. The summed E-state index contributed by atoms with van der Waals surface area (Å²) in [6.07, 6.45) is 1.67. The van der Waals surface area contributed by atoms with E-state index in [0.717, 1.165) is 33.7 Å². The van der Waals surface area contributed by atoms with Crippen LogP contribution in [0.1, 0.15) is 16.7 Å². The Balaban J connectivity index is 1.57. The molecule has 0 saturated carbocycles. The van der Waals surface area contributed by atoms with E-state index < -0.39 is 0 Å². The molecular formula is C24H20N6O2S2. The molecule has 0 radical (unpaired) electrons. The molecular weight excluding hydrogens is 468 g/mol. The summed E-state index contributed by atoms with van der Waals surface area (Å²) in [6.45, 7) is 3.99. The molecule has 1 aliphatic rings. The van der Waals surface area contributed by atoms with Crippen molar-refractivity contribution in [3.05, 3.63) is 76.1 Å². The number of amides is 1. The van der Waals surface area contributed by atoms with Gasteiger partial charge in [-0.2, -0.15) is 15.2 Å². The Kier molecular flexibility index (Phi) is 5.91. The normalized spacial score (nSPS) is 14.6. The molecule has 0 spiro atoms. The zero-order valence-corrected chi connectivity index (χ0v) is 20.3. The first-order chi connectivity index (χ1) is 16.5. The van der Waals surface area contributed by atoms with E-state index in [-0.39, 0.29) is 11.6 Å². The quantitative estimate of drug-likeness (QED) is 0.381. The first-order valence-corrected chi connectivity index (χ1v) is 12.1. The number of nitrogens with one attached hydrogen (secondary N) is 1. The number of aryl methyl sites for hydroxylation is 1. The second-order valence-corrected chi connectivity index (χ2v) is 9.21. The van der Waals surface area contributed by atoms with Crippen LogP contribution in [0.2, 0.25) is 0 Å². The van der Waals surface area contributed by atoms with E-state index in [1.165, 1.54) is 27.7 Å². The van der Waals surface area contributed by atoms with Gasteiger partial charge in [0.15, 0.2) is 5.71 Å². The number of thiazole rings is 2. The van der Waals surface area contributed by atoms with E-state index >= 15 is 0 Å². The van der Waals surface area contributed by atoms with Crippen molar-refractivity contribution < 1.29 is 9.53 Å². The molecule has 5 rings (SSSR count). The highest BCUT2D eigenvalue weighted by atomic mass is 32.1. The minimum atomic E-state index is -0.370. The number of nitrogens with zero attached hydrogens (tertiary/aromatic N) is 5. The third-order valence-electron chi connectivity index (χ3n) is 5.37. The Morgan fingerprint density at radius 3 is 2.65 bits per heavy atom. The Morgan fingerprint density at radius 2 is 1.91 bits per heavy atom. The summed E-state index contributed by atoms with van der Waals surface area (Å²) in [5.74, 6) is 0.349. The van der Waals surface area contributed by atoms with Crippen LogP contribution in [0.25, 0.3) is 11.3 Å². The fourth-order valence-corrected chi connectivity index (χ4v) is 4.73. The molecule has 1 aliphatic heterocycles. The SMILES string of the molecule is COc1cc(C2=NN(c3nc(-c4ccccc4)cs3)C(=O)/C2=N\Nc2nccs2)cc(C)c1C. The van der Waals surface area contributed by atoms with Crippen LogP contribution in [0.15, 0.2) is 69.6 Å². The lowest BCUT2D eigenvalue weighted by Gasteiger charge is -2.10. The van der Waals surface area contributed by atoms with Crippen molar-refractivity contribution in [3.8, 4) is 17.0 Å². The Hall–Kier alpha value is -3.89. The van der Waals surface area contributed by atoms with Gasteiger partial charge in [-0.1, -0.05) is 30.3 Å². The summed E-state index contributed by atoms with van der Waals surface area (Å²) in [5, 5.41) is 15.1. The smallest absolute Gasteiger partial charge is 0.303 e. The lowest BCUT2D eigenvalue weighted by Crippen LogP contribution is -2.28. The minimum absolute atomic E-state index is 0.178. The number of carbonyl (C=O) groups excluding carboxylic acids is 1. The van der Waals surface area contributed by atoms with E-state index in [2.05, 4.69) is 25.6 Å². The Bertz CT molecular complexity index is 1410. The number of hydrogen-bond donors (Lipinski definition) is 1. The van der Waals surface area contributed by atoms with Crippen molar-refractivity contribution in [3.63, 3.8) is 0 Å². The topological polar surface area (TPSA) is 92.1 Å². The number of aromatic nitrogens is 2. The van der Waals surface area contributed by atoms with E-state index in [1.807, 2.05) is 67.1 Å². The second-order valence-electron chi connectivity index (χ2n) is 7.48. The van der Waals surface area contributed by atoms with Crippen LogP contribution in [-0.4, -0.2) is 34.4 Å². The van der Waals surface area contributed by atoms with E-state index in [1.54, 1.807) is 13.3 Å².